The van der Waals surface area contributed by atoms with Crippen molar-refractivity contribution < 1.29 is 13.9 Å². The summed E-state index contributed by atoms with van der Waals surface area (Å²) in [5.74, 6) is -0.504. The molecule has 5 aromatic rings. The van der Waals surface area contributed by atoms with Gasteiger partial charge in [-0.2, -0.15) is 10.2 Å². The summed E-state index contributed by atoms with van der Waals surface area (Å²) in [4.78, 5) is 12.3. The van der Waals surface area contributed by atoms with Crippen LogP contribution >= 0.6 is 0 Å². The number of para-hydroxylation sites is 1. The molecule has 1 N–H and O–H groups in total. The Morgan fingerprint density at radius 2 is 1.57 bits per heavy atom. The van der Waals surface area contributed by atoms with Crippen LogP contribution in [0.25, 0.3) is 16.9 Å². The topological polar surface area (TPSA) is 68.5 Å². The maximum absolute atomic E-state index is 13.9. The molecule has 0 aliphatic heterocycles. The Labute approximate surface area is 213 Å². The predicted molar refractivity (Wildman–Crippen MR) is 141 cm³/mol. The number of carbonyl (C=O) groups excluding carboxylic acids is 1. The van der Waals surface area contributed by atoms with Crippen LogP contribution in [0.3, 0.4) is 0 Å². The Balaban J connectivity index is 1.38. The average Bonchev–Trinajstić information content (AvgIpc) is 3.37. The lowest BCUT2D eigenvalue weighted by Gasteiger charge is -2.07. The molecule has 0 saturated heterocycles. The van der Waals surface area contributed by atoms with Crippen LogP contribution in [-0.2, 0) is 6.61 Å². The molecule has 0 radical (unpaired) electrons. The van der Waals surface area contributed by atoms with Crippen LogP contribution in [0.5, 0.6) is 5.75 Å². The van der Waals surface area contributed by atoms with E-state index in [-0.39, 0.29) is 5.56 Å². The molecule has 7 heteroatoms. The van der Waals surface area contributed by atoms with Gasteiger partial charge in [0.05, 0.1) is 17.5 Å². The third kappa shape index (κ3) is 5.79. The van der Waals surface area contributed by atoms with Crippen LogP contribution in [-0.4, -0.2) is 21.9 Å². The maximum atomic E-state index is 13.9. The Morgan fingerprint density at radius 3 is 2.30 bits per heavy atom. The average molecular weight is 491 g/mol. The highest BCUT2D eigenvalue weighted by molar-refractivity contribution is 5.95. The summed E-state index contributed by atoms with van der Waals surface area (Å²) in [5.41, 5.74) is 6.47. The molecule has 0 spiro atoms. The number of amides is 1. The van der Waals surface area contributed by atoms with Gasteiger partial charge in [0.15, 0.2) is 0 Å². The largest absolute Gasteiger partial charge is 0.489 e. The second-order valence-corrected chi connectivity index (χ2v) is 8.19. The summed E-state index contributed by atoms with van der Waals surface area (Å²) in [6.45, 7) is 0.475. The van der Waals surface area contributed by atoms with E-state index in [9.17, 15) is 9.18 Å². The molecular weight excluding hydrogens is 467 g/mol. The van der Waals surface area contributed by atoms with E-state index in [0.717, 1.165) is 22.6 Å². The monoisotopic (exact) mass is 490 g/mol. The minimum absolute atomic E-state index is 0.0778. The van der Waals surface area contributed by atoms with Gasteiger partial charge in [-0.15, -0.1) is 0 Å². The molecule has 37 heavy (non-hydrogen) atoms. The van der Waals surface area contributed by atoms with Crippen molar-refractivity contribution >= 4 is 12.1 Å². The molecule has 6 nitrogen and oxygen atoms in total. The molecule has 5 rings (SSSR count). The van der Waals surface area contributed by atoms with Gasteiger partial charge in [-0.1, -0.05) is 60.7 Å². The van der Waals surface area contributed by atoms with E-state index in [2.05, 4.69) is 10.5 Å². The molecule has 1 amide bonds. The molecule has 0 atom stereocenters. The van der Waals surface area contributed by atoms with Crippen LogP contribution in [0, 0.1) is 5.82 Å². The second-order valence-electron chi connectivity index (χ2n) is 8.19. The number of aromatic nitrogens is 2. The molecule has 0 saturated carbocycles. The molecule has 1 aromatic heterocycles. The van der Waals surface area contributed by atoms with Gasteiger partial charge in [0.25, 0.3) is 5.91 Å². The zero-order valence-electron chi connectivity index (χ0n) is 19.8. The number of halogens is 1. The molecule has 4 aromatic carbocycles. The summed E-state index contributed by atoms with van der Waals surface area (Å²) in [5, 5.41) is 8.82. The quantitative estimate of drug-likeness (QED) is 0.214. The van der Waals surface area contributed by atoms with E-state index in [0.29, 0.717) is 17.9 Å². The predicted octanol–water partition coefficient (Wildman–Crippen LogP) is 6.02. The fourth-order valence-corrected chi connectivity index (χ4v) is 3.74. The maximum Gasteiger partial charge on any atom is 0.274 e. The number of benzene rings is 4. The van der Waals surface area contributed by atoms with Gasteiger partial charge in [-0.05, 0) is 54.1 Å². The van der Waals surface area contributed by atoms with Crippen LogP contribution in [0.2, 0.25) is 0 Å². The lowest BCUT2D eigenvalue weighted by molar-refractivity contribution is 0.0951. The highest BCUT2D eigenvalue weighted by Crippen LogP contribution is 2.25. The van der Waals surface area contributed by atoms with Gasteiger partial charge < -0.3 is 4.74 Å². The van der Waals surface area contributed by atoms with E-state index < -0.39 is 11.7 Å². The van der Waals surface area contributed by atoms with Crippen molar-refractivity contribution in [3.05, 3.63) is 138 Å². The Kier molecular flexibility index (Phi) is 7.13. The molecule has 0 aliphatic rings. The highest BCUT2D eigenvalue weighted by atomic mass is 19.1. The number of hydrazone groups is 1. The number of hydrogen-bond donors (Lipinski definition) is 1. The minimum Gasteiger partial charge on any atom is -0.489 e. The molecule has 0 fully saturated rings. The Morgan fingerprint density at radius 1 is 0.892 bits per heavy atom. The second kappa shape index (κ2) is 11.1. The van der Waals surface area contributed by atoms with Gasteiger partial charge in [0.2, 0.25) is 0 Å². The fourth-order valence-electron chi connectivity index (χ4n) is 3.74. The lowest BCUT2D eigenvalue weighted by Crippen LogP contribution is -2.18. The van der Waals surface area contributed by atoms with Crippen molar-refractivity contribution in [1.29, 1.82) is 0 Å². The number of rotatable bonds is 8. The van der Waals surface area contributed by atoms with Crippen LogP contribution < -0.4 is 10.2 Å². The van der Waals surface area contributed by atoms with Crippen molar-refractivity contribution in [1.82, 2.24) is 15.2 Å². The van der Waals surface area contributed by atoms with Crippen molar-refractivity contribution in [2.75, 3.05) is 0 Å². The standard InChI is InChI=1S/C30H23FN4O2/c31-28-14-8-7-13-27(28)30(36)33-32-19-24-20-35(25-11-5-2-6-12-25)34-29(24)23-15-17-26(18-16-23)37-21-22-9-3-1-4-10-22/h1-20H,21H2,(H,33,36)/b32-19+. The van der Waals surface area contributed by atoms with Crippen molar-refractivity contribution in [3.8, 4) is 22.7 Å². The van der Waals surface area contributed by atoms with E-state index in [1.807, 2.05) is 91.1 Å². The number of carbonyl (C=O) groups is 1. The summed E-state index contributed by atoms with van der Waals surface area (Å²) in [6.07, 6.45) is 3.32. The Bertz CT molecular complexity index is 1510. The van der Waals surface area contributed by atoms with Gasteiger partial charge in [-0.25, -0.2) is 14.5 Å². The third-order valence-electron chi connectivity index (χ3n) is 5.63. The first kappa shape index (κ1) is 23.7. The molecule has 0 unspecified atom stereocenters. The molecular formula is C30H23FN4O2. The highest BCUT2D eigenvalue weighted by Gasteiger charge is 2.13. The third-order valence-corrected chi connectivity index (χ3v) is 5.63. The summed E-state index contributed by atoms with van der Waals surface area (Å²) < 4.78 is 21.6. The molecule has 0 aliphatic carbocycles. The van der Waals surface area contributed by atoms with E-state index in [4.69, 9.17) is 9.84 Å². The summed E-state index contributed by atoms with van der Waals surface area (Å²) in [7, 11) is 0. The smallest absolute Gasteiger partial charge is 0.274 e. The number of ether oxygens (including phenoxy) is 1. The van der Waals surface area contributed by atoms with Crippen LogP contribution in [0.4, 0.5) is 4.39 Å². The molecule has 0 bridgehead atoms. The lowest BCUT2D eigenvalue weighted by atomic mass is 10.1. The van der Waals surface area contributed by atoms with E-state index in [1.54, 1.807) is 10.7 Å². The Hall–Kier alpha value is -5.04. The number of nitrogens with zero attached hydrogens (tertiary/aromatic N) is 3. The first-order valence-corrected chi connectivity index (χ1v) is 11.7. The fraction of sp³-hybridized carbons (Fsp3) is 0.0333. The zero-order valence-corrected chi connectivity index (χ0v) is 19.8. The van der Waals surface area contributed by atoms with Gasteiger partial charge in [-0.3, -0.25) is 4.79 Å². The van der Waals surface area contributed by atoms with Gasteiger partial charge in [0.1, 0.15) is 23.9 Å². The van der Waals surface area contributed by atoms with Crippen molar-refractivity contribution in [2.45, 2.75) is 6.61 Å². The summed E-state index contributed by atoms with van der Waals surface area (Å²) in [6, 6.07) is 33.0. The van der Waals surface area contributed by atoms with Crippen LogP contribution in [0.1, 0.15) is 21.5 Å². The van der Waals surface area contributed by atoms with Gasteiger partial charge in [0, 0.05) is 17.3 Å². The minimum atomic E-state index is -0.633. The normalized spacial score (nSPS) is 10.9. The first-order chi connectivity index (χ1) is 18.2. The van der Waals surface area contributed by atoms with Crippen molar-refractivity contribution in [2.24, 2.45) is 5.10 Å². The zero-order chi connectivity index (χ0) is 25.5. The van der Waals surface area contributed by atoms with E-state index >= 15 is 0 Å². The van der Waals surface area contributed by atoms with E-state index in [1.165, 1.54) is 24.4 Å². The number of nitrogens with one attached hydrogen (secondary N) is 1. The molecule has 1 heterocycles. The van der Waals surface area contributed by atoms with Crippen LogP contribution in [0.15, 0.2) is 120 Å². The first-order valence-electron chi connectivity index (χ1n) is 11.7. The van der Waals surface area contributed by atoms with Gasteiger partial charge >= 0.3 is 0 Å². The SMILES string of the molecule is O=C(N/N=C/c1cn(-c2ccccc2)nc1-c1ccc(OCc2ccccc2)cc1)c1ccccc1F. The number of hydrogen-bond acceptors (Lipinski definition) is 4. The molecule has 182 valence electrons. The summed E-state index contributed by atoms with van der Waals surface area (Å²) >= 11 is 0. The van der Waals surface area contributed by atoms with Crippen molar-refractivity contribution in [3.63, 3.8) is 0 Å².